The summed E-state index contributed by atoms with van der Waals surface area (Å²) in [5.74, 6) is 0.244. The maximum atomic E-state index is 12.3. The Hall–Kier alpha value is -4.14. The Morgan fingerprint density at radius 1 is 1.13 bits per heavy atom. The molecule has 0 atom stereocenters. The summed E-state index contributed by atoms with van der Waals surface area (Å²) in [5, 5.41) is 13.5. The Bertz CT molecular complexity index is 1060. The Morgan fingerprint density at radius 3 is 2.68 bits per heavy atom. The molecule has 0 bridgehead atoms. The van der Waals surface area contributed by atoms with Gasteiger partial charge in [-0.05, 0) is 36.8 Å². The fraction of sp³-hybridized carbons (Fsp3) is 0.182. The molecule has 0 spiro atoms. The number of benzene rings is 2. The van der Waals surface area contributed by atoms with Crippen LogP contribution in [0.15, 0.2) is 59.7 Å². The molecule has 2 amide bonds. The van der Waals surface area contributed by atoms with Crippen LogP contribution in [0.5, 0.6) is 11.5 Å². The van der Waals surface area contributed by atoms with Gasteiger partial charge in [0.25, 0.3) is 11.8 Å². The molecule has 2 aromatic carbocycles. The lowest BCUT2D eigenvalue weighted by atomic mass is 10.1. The molecule has 3 aromatic rings. The smallest absolute Gasteiger partial charge is 0.289 e. The third-order valence-electron chi connectivity index (χ3n) is 4.19. The van der Waals surface area contributed by atoms with Gasteiger partial charge < -0.3 is 14.8 Å². The molecule has 3 rings (SSSR count). The topological polar surface area (TPSA) is 118 Å². The summed E-state index contributed by atoms with van der Waals surface area (Å²) in [6, 6.07) is 16.3. The number of aromatic amines is 1. The van der Waals surface area contributed by atoms with Crippen LogP contribution in [0.3, 0.4) is 0 Å². The van der Waals surface area contributed by atoms with E-state index in [1.165, 1.54) is 13.3 Å². The van der Waals surface area contributed by atoms with Crippen LogP contribution in [0.4, 0.5) is 0 Å². The number of nitrogens with one attached hydrogen (secondary N) is 3. The van der Waals surface area contributed by atoms with Crippen molar-refractivity contribution in [2.75, 3.05) is 20.3 Å². The fourth-order valence-electron chi connectivity index (χ4n) is 2.70. The number of hydrazone groups is 1. The summed E-state index contributed by atoms with van der Waals surface area (Å²) in [4.78, 5) is 23.8. The number of H-pyrrole nitrogens is 1. The second-order valence-electron chi connectivity index (χ2n) is 6.38. The van der Waals surface area contributed by atoms with Crippen LogP contribution in [-0.4, -0.2) is 48.5 Å². The summed E-state index contributed by atoms with van der Waals surface area (Å²) < 4.78 is 10.8. The van der Waals surface area contributed by atoms with Crippen LogP contribution in [0.1, 0.15) is 23.0 Å². The van der Waals surface area contributed by atoms with E-state index in [2.05, 4.69) is 26.0 Å². The van der Waals surface area contributed by atoms with Crippen molar-refractivity contribution < 1.29 is 19.1 Å². The Kier molecular flexibility index (Phi) is 7.36. The standard InChI is InChI=1S/C22H23N5O4/c1-3-23-21(28)14-31-19-10-9-15(11-20(19)30-2)13-24-27-22(29)18-12-17(25-26-18)16-7-5-4-6-8-16/h4-13H,3,14H2,1-2H3,(H,23,28)(H,25,26)(H,27,29)/b24-13-. The van der Waals surface area contributed by atoms with Crippen molar-refractivity contribution in [1.82, 2.24) is 20.9 Å². The van der Waals surface area contributed by atoms with Gasteiger partial charge in [-0.3, -0.25) is 14.7 Å². The first-order valence-corrected chi connectivity index (χ1v) is 9.62. The number of amides is 2. The molecule has 0 aliphatic heterocycles. The normalized spacial score (nSPS) is 10.6. The van der Waals surface area contributed by atoms with Gasteiger partial charge in [-0.25, -0.2) is 5.43 Å². The second-order valence-corrected chi connectivity index (χ2v) is 6.38. The van der Waals surface area contributed by atoms with E-state index in [-0.39, 0.29) is 12.5 Å². The van der Waals surface area contributed by atoms with Gasteiger partial charge in [0.05, 0.1) is 19.0 Å². The molecular weight excluding hydrogens is 398 g/mol. The molecule has 3 N–H and O–H groups in total. The summed E-state index contributed by atoms with van der Waals surface area (Å²) in [6.07, 6.45) is 1.47. The average Bonchev–Trinajstić information content (AvgIpc) is 3.29. The van der Waals surface area contributed by atoms with Gasteiger partial charge in [0.2, 0.25) is 0 Å². The van der Waals surface area contributed by atoms with Crippen LogP contribution in [0.2, 0.25) is 0 Å². The van der Waals surface area contributed by atoms with Crippen molar-refractivity contribution in [2.24, 2.45) is 5.10 Å². The molecule has 0 aliphatic carbocycles. The quantitative estimate of drug-likeness (QED) is 0.362. The highest BCUT2D eigenvalue weighted by Crippen LogP contribution is 2.27. The van der Waals surface area contributed by atoms with Gasteiger partial charge in [0.1, 0.15) is 5.69 Å². The van der Waals surface area contributed by atoms with Crippen molar-refractivity contribution in [3.63, 3.8) is 0 Å². The van der Waals surface area contributed by atoms with Crippen LogP contribution in [-0.2, 0) is 4.79 Å². The third-order valence-corrected chi connectivity index (χ3v) is 4.19. The molecule has 9 heteroatoms. The predicted molar refractivity (Wildman–Crippen MR) is 116 cm³/mol. The van der Waals surface area contributed by atoms with E-state index in [0.717, 1.165) is 5.56 Å². The van der Waals surface area contributed by atoms with E-state index < -0.39 is 5.91 Å². The molecule has 1 aromatic heterocycles. The summed E-state index contributed by atoms with van der Waals surface area (Å²) >= 11 is 0. The molecular formula is C22H23N5O4. The Morgan fingerprint density at radius 2 is 1.94 bits per heavy atom. The zero-order valence-electron chi connectivity index (χ0n) is 17.2. The Balaban J connectivity index is 1.59. The Labute approximate surface area is 179 Å². The number of carbonyl (C=O) groups excluding carboxylic acids is 2. The molecule has 0 saturated carbocycles. The third kappa shape index (κ3) is 5.92. The first-order valence-electron chi connectivity index (χ1n) is 9.62. The van der Waals surface area contributed by atoms with Crippen molar-refractivity contribution in [3.8, 4) is 22.8 Å². The lowest BCUT2D eigenvalue weighted by Gasteiger charge is -2.11. The first-order chi connectivity index (χ1) is 15.1. The number of methoxy groups -OCH3 is 1. The number of hydrogen-bond acceptors (Lipinski definition) is 6. The summed E-state index contributed by atoms with van der Waals surface area (Å²) in [5.41, 5.74) is 5.00. The van der Waals surface area contributed by atoms with E-state index in [1.807, 2.05) is 37.3 Å². The highest BCUT2D eigenvalue weighted by molar-refractivity contribution is 5.94. The van der Waals surface area contributed by atoms with Gasteiger partial charge in [0.15, 0.2) is 18.1 Å². The van der Waals surface area contributed by atoms with Gasteiger partial charge >= 0.3 is 0 Å². The highest BCUT2D eigenvalue weighted by Gasteiger charge is 2.11. The largest absolute Gasteiger partial charge is 0.493 e. The molecule has 31 heavy (non-hydrogen) atoms. The molecule has 9 nitrogen and oxygen atoms in total. The maximum absolute atomic E-state index is 12.3. The minimum atomic E-state index is -0.417. The molecule has 0 fully saturated rings. The number of likely N-dealkylation sites (N-methyl/N-ethyl adjacent to an activating group) is 1. The van der Waals surface area contributed by atoms with Crippen LogP contribution in [0, 0.1) is 0 Å². The lowest BCUT2D eigenvalue weighted by Crippen LogP contribution is -2.28. The van der Waals surface area contributed by atoms with Crippen molar-refractivity contribution in [1.29, 1.82) is 0 Å². The summed E-state index contributed by atoms with van der Waals surface area (Å²) in [6.45, 7) is 2.26. The highest BCUT2D eigenvalue weighted by atomic mass is 16.5. The van der Waals surface area contributed by atoms with E-state index in [1.54, 1.807) is 24.3 Å². The molecule has 0 unspecified atom stereocenters. The molecule has 0 saturated heterocycles. The van der Waals surface area contributed by atoms with Gasteiger partial charge in [-0.2, -0.15) is 10.2 Å². The van der Waals surface area contributed by atoms with E-state index >= 15 is 0 Å². The minimum absolute atomic E-state index is 0.108. The maximum Gasteiger partial charge on any atom is 0.289 e. The predicted octanol–water partition coefficient (Wildman–Crippen LogP) is 2.36. The van der Waals surface area contributed by atoms with E-state index in [0.29, 0.717) is 35.0 Å². The van der Waals surface area contributed by atoms with Crippen molar-refractivity contribution in [3.05, 3.63) is 65.9 Å². The van der Waals surface area contributed by atoms with E-state index in [9.17, 15) is 9.59 Å². The fourth-order valence-corrected chi connectivity index (χ4v) is 2.70. The van der Waals surface area contributed by atoms with Crippen LogP contribution < -0.4 is 20.2 Å². The number of aromatic nitrogens is 2. The molecule has 160 valence electrons. The summed E-state index contributed by atoms with van der Waals surface area (Å²) in [7, 11) is 1.50. The molecule has 0 radical (unpaired) electrons. The van der Waals surface area contributed by atoms with E-state index in [4.69, 9.17) is 9.47 Å². The SMILES string of the molecule is CCNC(=O)COc1ccc(/C=N\NC(=O)c2cc(-c3ccccc3)n[nH]2)cc1OC. The zero-order chi connectivity index (χ0) is 22.1. The monoisotopic (exact) mass is 421 g/mol. The van der Waals surface area contributed by atoms with Crippen LogP contribution >= 0.6 is 0 Å². The number of ether oxygens (including phenoxy) is 2. The molecule has 1 heterocycles. The van der Waals surface area contributed by atoms with Crippen molar-refractivity contribution in [2.45, 2.75) is 6.92 Å². The van der Waals surface area contributed by atoms with Crippen molar-refractivity contribution >= 4 is 18.0 Å². The first kappa shape index (κ1) is 21.6. The second kappa shape index (κ2) is 10.6. The molecule has 0 aliphatic rings. The van der Waals surface area contributed by atoms with Crippen LogP contribution in [0.25, 0.3) is 11.3 Å². The van der Waals surface area contributed by atoms with Gasteiger partial charge in [0, 0.05) is 12.1 Å². The number of hydrogen-bond donors (Lipinski definition) is 3. The lowest BCUT2D eigenvalue weighted by molar-refractivity contribution is -0.123. The number of rotatable bonds is 9. The average molecular weight is 421 g/mol. The number of nitrogens with zero attached hydrogens (tertiary/aromatic N) is 2. The number of carbonyl (C=O) groups is 2. The zero-order valence-corrected chi connectivity index (χ0v) is 17.2. The van der Waals surface area contributed by atoms with Gasteiger partial charge in [-0.1, -0.05) is 30.3 Å². The minimum Gasteiger partial charge on any atom is -0.493 e. The van der Waals surface area contributed by atoms with Gasteiger partial charge in [-0.15, -0.1) is 0 Å².